The lowest BCUT2D eigenvalue weighted by Gasteiger charge is -2.21. The van der Waals surface area contributed by atoms with E-state index in [1.807, 2.05) is 0 Å². The van der Waals surface area contributed by atoms with E-state index in [-0.39, 0.29) is 4.90 Å². The van der Waals surface area contributed by atoms with E-state index in [9.17, 15) is 30.5 Å². The first kappa shape index (κ1) is 11.6. The van der Waals surface area contributed by atoms with Crippen molar-refractivity contribution in [3.63, 3.8) is 0 Å². The maximum Gasteiger partial charge on any atom is 0.492 e. The van der Waals surface area contributed by atoms with Gasteiger partial charge in [-0.3, -0.25) is 0 Å². The van der Waals surface area contributed by atoms with Gasteiger partial charge in [-0.25, -0.2) is 0 Å². The van der Waals surface area contributed by atoms with Crippen molar-refractivity contribution in [2.75, 3.05) is 19.5 Å². The Hall–Kier alpha value is -0.465. The first-order valence-electron chi connectivity index (χ1n) is 3.72. The van der Waals surface area contributed by atoms with Crippen LogP contribution in [-0.2, 0) is 0 Å². The van der Waals surface area contributed by atoms with Crippen LogP contribution in [0.5, 0.6) is 0 Å². The van der Waals surface area contributed by atoms with Gasteiger partial charge in [-0.2, -0.15) is 17.6 Å². The minimum Gasteiger partial charge on any atom is -0.448 e. The molecule has 0 saturated carbocycles. The van der Waals surface area contributed by atoms with Crippen molar-refractivity contribution in [3.8, 4) is 0 Å². The molecule has 14 heavy (non-hydrogen) atoms. The van der Waals surface area contributed by atoms with Gasteiger partial charge in [0.1, 0.15) is 0 Å². The van der Waals surface area contributed by atoms with Crippen LogP contribution in [0.3, 0.4) is 0 Å². The number of likely N-dealkylation sites (tertiary alicyclic amines) is 1. The van der Waals surface area contributed by atoms with E-state index in [1.165, 1.54) is 0 Å². The molecule has 1 aliphatic heterocycles. The fourth-order valence-electron chi connectivity index (χ4n) is 1.27. The number of alkyl halides is 4. The SMILES string of the molecule is F[B-](F)(F)CN1CC(F)(F)C(F)(F)C1. The van der Waals surface area contributed by atoms with Crippen molar-refractivity contribution in [3.05, 3.63) is 0 Å². The van der Waals surface area contributed by atoms with Gasteiger partial charge in [0.2, 0.25) is 0 Å². The first-order chi connectivity index (χ1) is 6.04. The topological polar surface area (TPSA) is 3.24 Å². The quantitative estimate of drug-likeness (QED) is 0.511. The van der Waals surface area contributed by atoms with Crippen LogP contribution in [0, 0.1) is 0 Å². The van der Waals surface area contributed by atoms with E-state index in [0.29, 0.717) is 0 Å². The Morgan fingerprint density at radius 3 is 1.57 bits per heavy atom. The van der Waals surface area contributed by atoms with Crippen molar-refractivity contribution in [2.45, 2.75) is 11.8 Å². The maximum absolute atomic E-state index is 12.4. The van der Waals surface area contributed by atoms with Crippen molar-refractivity contribution in [1.82, 2.24) is 4.90 Å². The second kappa shape index (κ2) is 3.01. The molecule has 1 fully saturated rings. The van der Waals surface area contributed by atoms with Crippen LogP contribution in [0.2, 0.25) is 0 Å². The Kier molecular flexibility index (Phi) is 2.50. The van der Waals surface area contributed by atoms with Crippen LogP contribution < -0.4 is 0 Å². The molecule has 1 aliphatic rings. The first-order valence-corrected chi connectivity index (χ1v) is 3.72. The molecule has 0 aromatic heterocycles. The third-order valence-corrected chi connectivity index (χ3v) is 1.84. The lowest BCUT2D eigenvalue weighted by molar-refractivity contribution is -0.172. The van der Waals surface area contributed by atoms with Crippen molar-refractivity contribution < 1.29 is 30.5 Å². The Balaban J connectivity index is 2.65. The van der Waals surface area contributed by atoms with Crippen LogP contribution in [-0.4, -0.2) is 43.3 Å². The molecular formula is C5H6BF7N-. The number of hydrogen-bond donors (Lipinski definition) is 0. The monoisotopic (exact) mass is 224 g/mol. The van der Waals surface area contributed by atoms with Gasteiger partial charge < -0.3 is 17.8 Å². The van der Waals surface area contributed by atoms with Crippen molar-refractivity contribution in [1.29, 1.82) is 0 Å². The normalized spacial score (nSPS) is 26.8. The van der Waals surface area contributed by atoms with Gasteiger partial charge in [-0.1, -0.05) is 0 Å². The van der Waals surface area contributed by atoms with Crippen LogP contribution in [0.15, 0.2) is 0 Å². The molecule has 1 nitrogen and oxygen atoms in total. The predicted molar refractivity (Wildman–Crippen MR) is 35.4 cm³/mol. The molecule has 0 aliphatic carbocycles. The summed E-state index contributed by atoms with van der Waals surface area (Å²) in [5, 5.41) is 0. The minimum atomic E-state index is -5.35. The molecule has 0 spiro atoms. The fourth-order valence-corrected chi connectivity index (χ4v) is 1.27. The summed E-state index contributed by atoms with van der Waals surface area (Å²) in [6.07, 6.45) is -1.68. The predicted octanol–water partition coefficient (Wildman–Crippen LogP) is 1.96. The number of nitrogens with zero attached hydrogens (tertiary/aromatic N) is 1. The van der Waals surface area contributed by atoms with Gasteiger partial charge in [0.05, 0.1) is 13.1 Å². The average Bonchev–Trinajstić information content (AvgIpc) is 1.94. The molecular weight excluding hydrogens is 218 g/mol. The molecule has 9 heteroatoms. The zero-order chi connectivity index (χ0) is 11.2. The van der Waals surface area contributed by atoms with E-state index in [1.54, 1.807) is 0 Å². The molecule has 84 valence electrons. The van der Waals surface area contributed by atoms with Crippen LogP contribution in [0.25, 0.3) is 0 Å². The standard InChI is InChI=1S/C5H6BF7N/c7-4(8)1-14(2-5(4,9)10)3-6(11,12)13/h1-3H2/q-1. The van der Waals surface area contributed by atoms with Gasteiger partial charge in [0.15, 0.2) is 0 Å². The Morgan fingerprint density at radius 1 is 0.929 bits per heavy atom. The highest BCUT2D eigenvalue weighted by Crippen LogP contribution is 2.41. The molecule has 0 amide bonds. The number of rotatable bonds is 2. The van der Waals surface area contributed by atoms with Gasteiger partial charge in [-0.15, -0.1) is 0 Å². The fraction of sp³-hybridized carbons (Fsp3) is 1.00. The molecule has 0 radical (unpaired) electrons. The molecule has 0 bridgehead atoms. The summed E-state index contributed by atoms with van der Waals surface area (Å²) >= 11 is 0. The van der Waals surface area contributed by atoms with Crippen LogP contribution >= 0.6 is 0 Å². The van der Waals surface area contributed by atoms with Gasteiger partial charge in [-0.05, 0) is 6.44 Å². The highest BCUT2D eigenvalue weighted by atomic mass is 19.4. The molecule has 0 N–H and O–H groups in total. The lowest BCUT2D eigenvalue weighted by Crippen LogP contribution is -2.38. The molecule has 1 saturated heterocycles. The van der Waals surface area contributed by atoms with Crippen molar-refractivity contribution in [2.24, 2.45) is 0 Å². The lowest BCUT2D eigenvalue weighted by atomic mass is 9.91. The Morgan fingerprint density at radius 2 is 1.29 bits per heavy atom. The van der Waals surface area contributed by atoms with Crippen molar-refractivity contribution >= 4 is 6.98 Å². The molecule has 1 heterocycles. The summed E-state index contributed by atoms with van der Waals surface area (Å²) in [5.41, 5.74) is 0. The summed E-state index contributed by atoms with van der Waals surface area (Å²) in [7, 11) is 0. The number of hydrogen-bond acceptors (Lipinski definition) is 1. The summed E-state index contributed by atoms with van der Waals surface area (Å²) in [6.45, 7) is -8.43. The summed E-state index contributed by atoms with van der Waals surface area (Å²) in [4.78, 5) is 0.0278. The second-order valence-corrected chi connectivity index (χ2v) is 3.29. The van der Waals surface area contributed by atoms with Crippen LogP contribution in [0.1, 0.15) is 0 Å². The maximum atomic E-state index is 12.4. The van der Waals surface area contributed by atoms with E-state index >= 15 is 0 Å². The van der Waals surface area contributed by atoms with Crippen LogP contribution in [0.4, 0.5) is 30.5 Å². The third kappa shape index (κ3) is 2.31. The Bertz CT molecular complexity index is 209. The minimum absolute atomic E-state index is 0.0278. The molecule has 1 rings (SSSR count). The number of halogens is 7. The van der Waals surface area contributed by atoms with E-state index in [0.717, 1.165) is 0 Å². The smallest absolute Gasteiger partial charge is 0.448 e. The highest BCUT2D eigenvalue weighted by Gasteiger charge is 2.62. The zero-order valence-electron chi connectivity index (χ0n) is 6.79. The summed E-state index contributed by atoms with van der Waals surface area (Å²) in [5.74, 6) is -8.73. The summed E-state index contributed by atoms with van der Waals surface area (Å²) < 4.78 is 84.8. The Labute approximate surface area is 74.9 Å². The molecule has 0 aromatic carbocycles. The van der Waals surface area contributed by atoms with Gasteiger partial charge in [0, 0.05) is 0 Å². The zero-order valence-corrected chi connectivity index (χ0v) is 6.79. The van der Waals surface area contributed by atoms with E-state index in [2.05, 4.69) is 0 Å². The highest BCUT2D eigenvalue weighted by molar-refractivity contribution is 6.58. The average molecular weight is 224 g/mol. The summed E-state index contributed by atoms with van der Waals surface area (Å²) in [6, 6.07) is 0. The molecule has 0 aromatic rings. The van der Waals surface area contributed by atoms with Gasteiger partial charge >= 0.3 is 18.8 Å². The van der Waals surface area contributed by atoms with E-state index < -0.39 is 38.4 Å². The largest absolute Gasteiger partial charge is 0.492 e. The third-order valence-electron chi connectivity index (χ3n) is 1.84. The van der Waals surface area contributed by atoms with Gasteiger partial charge in [0.25, 0.3) is 0 Å². The van der Waals surface area contributed by atoms with E-state index in [4.69, 9.17) is 0 Å². The second-order valence-electron chi connectivity index (χ2n) is 3.29. The molecule has 0 atom stereocenters. The molecule has 0 unspecified atom stereocenters.